The lowest BCUT2D eigenvalue weighted by Crippen LogP contribution is -2.57. The van der Waals surface area contributed by atoms with Gasteiger partial charge in [-0.1, -0.05) is 48.5 Å². The first-order chi connectivity index (χ1) is 16.2. The van der Waals surface area contributed by atoms with E-state index in [1.54, 1.807) is 7.11 Å². The number of benzene rings is 3. The van der Waals surface area contributed by atoms with Gasteiger partial charge in [-0.3, -0.25) is 0 Å². The summed E-state index contributed by atoms with van der Waals surface area (Å²) in [6.45, 7) is 7.63. The summed E-state index contributed by atoms with van der Waals surface area (Å²) in [5.74, 6) is 1.43. The third-order valence-electron chi connectivity index (χ3n) is 9.45. The van der Waals surface area contributed by atoms with Gasteiger partial charge >= 0.3 is 0 Å². The summed E-state index contributed by atoms with van der Waals surface area (Å²) in [5, 5.41) is 5.54. The largest absolute Gasteiger partial charge is 0.382 e. The fourth-order valence-electron chi connectivity index (χ4n) is 7.81. The van der Waals surface area contributed by atoms with Gasteiger partial charge in [0.2, 0.25) is 0 Å². The summed E-state index contributed by atoms with van der Waals surface area (Å²) in [6.07, 6.45) is 4.28. The summed E-state index contributed by atoms with van der Waals surface area (Å²) < 4.78 is 18.4. The highest BCUT2D eigenvalue weighted by Crippen LogP contribution is 2.61. The van der Waals surface area contributed by atoms with Crippen LogP contribution in [0.15, 0.2) is 54.6 Å². The molecule has 2 saturated heterocycles. The molecule has 174 valence electrons. The van der Waals surface area contributed by atoms with Crippen LogP contribution in [0.25, 0.3) is 21.5 Å². The molecule has 0 radical (unpaired) electrons. The lowest BCUT2D eigenvalue weighted by Gasteiger charge is -2.44. The first-order valence-corrected chi connectivity index (χ1v) is 12.6. The summed E-state index contributed by atoms with van der Waals surface area (Å²) in [4.78, 5) is 0. The molecule has 3 fully saturated rings. The highest BCUT2D eigenvalue weighted by Gasteiger charge is 2.71. The van der Waals surface area contributed by atoms with Gasteiger partial charge in [-0.15, -0.1) is 0 Å². The van der Waals surface area contributed by atoms with E-state index in [4.69, 9.17) is 14.2 Å². The Balaban J connectivity index is 1.37. The standard InChI is InChI=1S/C29H36NO3/c1-29-23-11-12-27(29)28(33-20-32-16-15-31-2)19-30(29,14-13-23)18-26-24-9-5-3-7-21(24)17-22-8-4-6-10-25(22)26/h3-10,17,23,27-28H,11-16,18-20H2,1-2H3/q+1/t23-,27+,28+,29+,30+/m0/s1. The molecule has 1 saturated carbocycles. The Morgan fingerprint density at radius 1 is 0.939 bits per heavy atom. The second kappa shape index (κ2) is 8.35. The Morgan fingerprint density at radius 2 is 1.67 bits per heavy atom. The minimum atomic E-state index is 0.282. The summed E-state index contributed by atoms with van der Waals surface area (Å²) in [5.41, 5.74) is 1.82. The van der Waals surface area contributed by atoms with E-state index in [-0.39, 0.29) is 6.10 Å². The van der Waals surface area contributed by atoms with Crippen LogP contribution >= 0.6 is 0 Å². The van der Waals surface area contributed by atoms with E-state index in [0.29, 0.717) is 31.5 Å². The van der Waals surface area contributed by atoms with E-state index in [1.165, 1.54) is 57.4 Å². The van der Waals surface area contributed by atoms with Crippen molar-refractivity contribution in [3.63, 3.8) is 0 Å². The SMILES string of the molecule is COCCOCO[C@@H]1C[N@+]2(Cc3c4ccccc4cc4ccccc34)CC[C@@H]3CC[C@H]1[C@@]32C. The van der Waals surface area contributed by atoms with Crippen molar-refractivity contribution >= 4 is 21.5 Å². The fraction of sp³-hybridized carbons (Fsp3) is 0.517. The zero-order chi connectivity index (χ0) is 22.5. The molecule has 0 amide bonds. The van der Waals surface area contributed by atoms with Crippen LogP contribution in [0.1, 0.15) is 31.7 Å². The quantitative estimate of drug-likeness (QED) is 0.197. The van der Waals surface area contributed by atoms with E-state index >= 15 is 0 Å². The van der Waals surface area contributed by atoms with E-state index in [1.807, 2.05) is 0 Å². The van der Waals surface area contributed by atoms with Crippen LogP contribution in [0.2, 0.25) is 0 Å². The van der Waals surface area contributed by atoms with Gasteiger partial charge in [-0.2, -0.15) is 0 Å². The van der Waals surface area contributed by atoms with Crippen LogP contribution in [-0.2, 0) is 20.8 Å². The molecule has 1 aliphatic carbocycles. The van der Waals surface area contributed by atoms with Crippen molar-refractivity contribution in [1.29, 1.82) is 0 Å². The van der Waals surface area contributed by atoms with Crippen molar-refractivity contribution in [2.24, 2.45) is 11.8 Å². The predicted octanol–water partition coefficient (Wildman–Crippen LogP) is 5.52. The number of nitrogens with zero attached hydrogens (tertiary/aromatic N) is 1. The number of methoxy groups -OCH3 is 1. The van der Waals surface area contributed by atoms with Crippen LogP contribution in [0.3, 0.4) is 0 Å². The molecule has 33 heavy (non-hydrogen) atoms. The molecule has 6 rings (SSSR count). The average Bonchev–Trinajstić information content (AvgIpc) is 3.41. The fourth-order valence-corrected chi connectivity index (χ4v) is 7.81. The molecule has 0 bridgehead atoms. The van der Waals surface area contributed by atoms with Gasteiger partial charge in [-0.25, -0.2) is 0 Å². The Kier molecular flexibility index (Phi) is 5.45. The maximum absolute atomic E-state index is 6.43. The molecule has 3 aromatic rings. The minimum Gasteiger partial charge on any atom is -0.382 e. The Labute approximate surface area is 197 Å². The Morgan fingerprint density at radius 3 is 2.39 bits per heavy atom. The molecule has 3 aromatic carbocycles. The number of hydrogen-bond donors (Lipinski definition) is 0. The smallest absolute Gasteiger partial charge is 0.147 e. The minimum absolute atomic E-state index is 0.282. The van der Waals surface area contributed by atoms with E-state index in [0.717, 1.165) is 19.0 Å². The topological polar surface area (TPSA) is 27.7 Å². The number of fused-ring (bicyclic) bond motifs is 2. The zero-order valence-corrected chi connectivity index (χ0v) is 20.0. The highest BCUT2D eigenvalue weighted by molar-refractivity contribution is 6.02. The maximum atomic E-state index is 6.43. The van der Waals surface area contributed by atoms with E-state index < -0.39 is 0 Å². The molecule has 4 heteroatoms. The summed E-state index contributed by atoms with van der Waals surface area (Å²) in [7, 11) is 1.71. The predicted molar refractivity (Wildman–Crippen MR) is 132 cm³/mol. The monoisotopic (exact) mass is 446 g/mol. The average molecular weight is 447 g/mol. The van der Waals surface area contributed by atoms with Crippen LogP contribution in [0.4, 0.5) is 0 Å². The number of quaternary nitrogens is 1. The number of hydrogen-bond acceptors (Lipinski definition) is 3. The molecule has 0 aromatic heterocycles. The van der Waals surface area contributed by atoms with Crippen LogP contribution < -0.4 is 0 Å². The number of rotatable bonds is 8. The summed E-state index contributed by atoms with van der Waals surface area (Å²) in [6, 6.07) is 20.3. The molecular formula is C29H36NO3+. The number of ether oxygens (including phenoxy) is 3. The normalized spacial score (nSPS) is 32.7. The molecule has 0 unspecified atom stereocenters. The van der Waals surface area contributed by atoms with Crippen molar-refractivity contribution < 1.29 is 18.7 Å². The van der Waals surface area contributed by atoms with E-state index in [9.17, 15) is 0 Å². The van der Waals surface area contributed by atoms with Gasteiger partial charge < -0.3 is 18.7 Å². The van der Waals surface area contributed by atoms with Gasteiger partial charge in [0.1, 0.15) is 31.5 Å². The van der Waals surface area contributed by atoms with Gasteiger partial charge in [0.15, 0.2) is 0 Å². The lowest BCUT2D eigenvalue weighted by atomic mass is 9.82. The molecule has 5 atom stereocenters. The van der Waals surface area contributed by atoms with Crippen LogP contribution in [-0.4, -0.2) is 56.3 Å². The lowest BCUT2D eigenvalue weighted by molar-refractivity contribution is -0.965. The maximum Gasteiger partial charge on any atom is 0.147 e. The van der Waals surface area contributed by atoms with Gasteiger partial charge in [0.05, 0.1) is 19.8 Å². The van der Waals surface area contributed by atoms with Crippen LogP contribution in [0.5, 0.6) is 0 Å². The second-order valence-corrected chi connectivity index (χ2v) is 10.6. The molecular weight excluding hydrogens is 410 g/mol. The Hall–Kier alpha value is -1.98. The third kappa shape index (κ3) is 3.26. The van der Waals surface area contributed by atoms with Crippen molar-refractivity contribution in [1.82, 2.24) is 0 Å². The van der Waals surface area contributed by atoms with Gasteiger partial charge in [-0.05, 0) is 47.4 Å². The molecule has 0 N–H and O–H groups in total. The van der Waals surface area contributed by atoms with Crippen molar-refractivity contribution in [3.8, 4) is 0 Å². The van der Waals surface area contributed by atoms with E-state index in [2.05, 4.69) is 61.5 Å². The first kappa shape index (κ1) is 21.5. The molecule has 2 heterocycles. The molecule has 3 aliphatic rings. The van der Waals surface area contributed by atoms with Crippen molar-refractivity contribution in [2.45, 2.75) is 44.4 Å². The molecule has 2 aliphatic heterocycles. The first-order valence-electron chi connectivity index (χ1n) is 12.6. The molecule has 4 nitrogen and oxygen atoms in total. The van der Waals surface area contributed by atoms with Gasteiger partial charge in [0.25, 0.3) is 0 Å². The zero-order valence-electron chi connectivity index (χ0n) is 20.0. The van der Waals surface area contributed by atoms with Crippen LogP contribution in [0, 0.1) is 11.8 Å². The molecule has 0 spiro atoms. The Bertz CT molecular complexity index is 1110. The highest BCUT2D eigenvalue weighted by atomic mass is 16.7. The van der Waals surface area contributed by atoms with Gasteiger partial charge in [0, 0.05) is 30.9 Å². The van der Waals surface area contributed by atoms with Crippen molar-refractivity contribution in [3.05, 3.63) is 60.2 Å². The third-order valence-corrected chi connectivity index (χ3v) is 9.45. The van der Waals surface area contributed by atoms with Crippen molar-refractivity contribution in [2.75, 3.05) is 40.2 Å². The second-order valence-electron chi connectivity index (χ2n) is 10.6. The summed E-state index contributed by atoms with van der Waals surface area (Å²) >= 11 is 0.